The number of Topliss-reactive ketones (excluding diaryl/α,β-unsaturated/α-hetero) is 1. The molecule has 0 aliphatic heterocycles. The molecule has 1 saturated carbocycles. The van der Waals surface area contributed by atoms with E-state index in [4.69, 9.17) is 4.74 Å². The summed E-state index contributed by atoms with van der Waals surface area (Å²) in [5.41, 5.74) is 0.135. The molecule has 1 fully saturated rings. The van der Waals surface area contributed by atoms with E-state index in [0.717, 1.165) is 24.0 Å². The highest BCUT2D eigenvalue weighted by Gasteiger charge is 2.65. The number of rotatable bonds is 1. The number of carbonyl (C=O) groups is 2. The summed E-state index contributed by atoms with van der Waals surface area (Å²) in [4.78, 5) is 24.0. The molecular formula is C17H24O4. The third-order valence-corrected chi connectivity index (χ3v) is 5.66. The lowest BCUT2D eigenvalue weighted by Crippen LogP contribution is -2.40. The first-order chi connectivity index (χ1) is 9.49. The third kappa shape index (κ3) is 1.99. The van der Waals surface area contributed by atoms with E-state index in [2.05, 4.69) is 20.8 Å². The maximum absolute atomic E-state index is 12.6. The minimum Gasteiger partial charge on any atom is -0.450 e. The molecule has 0 radical (unpaired) electrons. The molecule has 3 aliphatic carbocycles. The van der Waals surface area contributed by atoms with Gasteiger partial charge in [-0.3, -0.25) is 9.59 Å². The number of hydrogen-bond donors (Lipinski definition) is 1. The van der Waals surface area contributed by atoms with E-state index in [0.29, 0.717) is 12.3 Å². The highest BCUT2D eigenvalue weighted by molar-refractivity contribution is 6.01. The fraction of sp³-hybridized carbons (Fsp3) is 0.765. The Labute approximate surface area is 125 Å². The Bertz CT molecular complexity index is 569. The van der Waals surface area contributed by atoms with Gasteiger partial charge in [-0.15, -0.1) is 0 Å². The molecule has 0 heterocycles. The van der Waals surface area contributed by atoms with E-state index in [9.17, 15) is 14.7 Å². The topological polar surface area (TPSA) is 63.6 Å². The Morgan fingerprint density at radius 3 is 2.43 bits per heavy atom. The van der Waals surface area contributed by atoms with Gasteiger partial charge >= 0.3 is 5.97 Å². The Morgan fingerprint density at radius 1 is 1.24 bits per heavy atom. The van der Waals surface area contributed by atoms with Crippen LogP contribution >= 0.6 is 0 Å². The average Bonchev–Trinajstić information content (AvgIpc) is 2.90. The Hall–Kier alpha value is -1.16. The average molecular weight is 292 g/mol. The van der Waals surface area contributed by atoms with Crippen molar-refractivity contribution < 1.29 is 19.4 Å². The van der Waals surface area contributed by atoms with Crippen LogP contribution in [0.1, 0.15) is 53.9 Å². The van der Waals surface area contributed by atoms with Crippen LogP contribution in [0.25, 0.3) is 0 Å². The largest absolute Gasteiger partial charge is 0.450 e. The van der Waals surface area contributed by atoms with Gasteiger partial charge in [0, 0.05) is 6.92 Å². The number of ketones is 1. The molecule has 0 aromatic carbocycles. The molecule has 4 atom stereocenters. The molecule has 0 saturated heterocycles. The van der Waals surface area contributed by atoms with Gasteiger partial charge < -0.3 is 9.84 Å². The molecule has 3 aliphatic rings. The molecule has 4 nitrogen and oxygen atoms in total. The molecule has 4 heteroatoms. The monoisotopic (exact) mass is 292 g/mol. The second-order valence-corrected chi connectivity index (χ2v) is 8.18. The molecule has 3 rings (SSSR count). The summed E-state index contributed by atoms with van der Waals surface area (Å²) in [6, 6.07) is 0. The number of carbonyl (C=O) groups excluding carboxylic acids is 2. The van der Waals surface area contributed by atoms with Gasteiger partial charge in [0.05, 0.1) is 0 Å². The molecule has 0 spiro atoms. The van der Waals surface area contributed by atoms with Crippen LogP contribution in [0.4, 0.5) is 0 Å². The summed E-state index contributed by atoms with van der Waals surface area (Å²) in [5, 5.41) is 10.8. The molecule has 0 aromatic heterocycles. The van der Waals surface area contributed by atoms with Gasteiger partial charge in [0.2, 0.25) is 5.78 Å². The van der Waals surface area contributed by atoms with Crippen LogP contribution in [-0.2, 0) is 14.3 Å². The summed E-state index contributed by atoms with van der Waals surface area (Å²) in [6.45, 7) is 9.37. The van der Waals surface area contributed by atoms with Crippen LogP contribution < -0.4 is 0 Å². The van der Waals surface area contributed by atoms with Crippen LogP contribution in [0.3, 0.4) is 0 Å². The maximum atomic E-state index is 12.6. The quantitative estimate of drug-likeness (QED) is 0.595. The summed E-state index contributed by atoms with van der Waals surface area (Å²) in [6.07, 6.45) is 1.88. The molecule has 0 amide bonds. The zero-order valence-corrected chi connectivity index (χ0v) is 13.4. The van der Waals surface area contributed by atoms with E-state index >= 15 is 0 Å². The predicted molar refractivity (Wildman–Crippen MR) is 77.4 cm³/mol. The van der Waals surface area contributed by atoms with Gasteiger partial charge in [-0.05, 0) is 54.1 Å². The Morgan fingerprint density at radius 2 is 1.86 bits per heavy atom. The molecule has 0 bridgehead atoms. The van der Waals surface area contributed by atoms with Gasteiger partial charge in [0.15, 0.2) is 6.10 Å². The van der Waals surface area contributed by atoms with Gasteiger partial charge in [-0.25, -0.2) is 0 Å². The Kier molecular flexibility index (Phi) is 2.79. The molecule has 0 aromatic rings. The van der Waals surface area contributed by atoms with E-state index in [1.165, 1.54) is 6.92 Å². The van der Waals surface area contributed by atoms with Crippen molar-refractivity contribution in [3.63, 3.8) is 0 Å². The summed E-state index contributed by atoms with van der Waals surface area (Å²) < 4.78 is 5.31. The second kappa shape index (κ2) is 3.97. The SMILES string of the molecule is CC(=O)O[C@H]1C(=O)[C@@](C)(O)C2=C1[C@]1(C)C[C@@H]1CC(C)(C)C2. The van der Waals surface area contributed by atoms with Crippen LogP contribution in [0.2, 0.25) is 0 Å². The molecular weight excluding hydrogens is 268 g/mol. The molecule has 116 valence electrons. The second-order valence-electron chi connectivity index (χ2n) is 8.18. The maximum Gasteiger partial charge on any atom is 0.303 e. The zero-order chi connectivity index (χ0) is 15.8. The zero-order valence-electron chi connectivity index (χ0n) is 13.4. The van der Waals surface area contributed by atoms with Crippen LogP contribution in [0, 0.1) is 16.7 Å². The normalized spacial score (nSPS) is 44.0. The van der Waals surface area contributed by atoms with Crippen LogP contribution in [-0.4, -0.2) is 28.6 Å². The highest BCUT2D eigenvalue weighted by atomic mass is 16.5. The van der Waals surface area contributed by atoms with Gasteiger partial charge in [-0.2, -0.15) is 0 Å². The number of ether oxygens (including phenoxy) is 1. The fourth-order valence-electron chi connectivity index (χ4n) is 4.44. The minimum absolute atomic E-state index is 0.0505. The lowest BCUT2D eigenvalue weighted by Gasteiger charge is -2.29. The van der Waals surface area contributed by atoms with Crippen molar-refractivity contribution in [2.45, 2.75) is 65.6 Å². The van der Waals surface area contributed by atoms with E-state index < -0.39 is 17.7 Å². The summed E-state index contributed by atoms with van der Waals surface area (Å²) in [7, 11) is 0. The van der Waals surface area contributed by atoms with Crippen molar-refractivity contribution in [1.29, 1.82) is 0 Å². The third-order valence-electron chi connectivity index (χ3n) is 5.66. The van der Waals surface area contributed by atoms with Crippen molar-refractivity contribution in [3.8, 4) is 0 Å². The Balaban J connectivity index is 2.14. The molecule has 1 N–H and O–H groups in total. The summed E-state index contributed by atoms with van der Waals surface area (Å²) >= 11 is 0. The van der Waals surface area contributed by atoms with Crippen LogP contribution in [0.5, 0.6) is 0 Å². The highest BCUT2D eigenvalue weighted by Crippen LogP contribution is 2.68. The lowest BCUT2D eigenvalue weighted by molar-refractivity contribution is -0.154. The van der Waals surface area contributed by atoms with E-state index in [-0.39, 0.29) is 16.6 Å². The van der Waals surface area contributed by atoms with E-state index in [1.807, 2.05) is 0 Å². The van der Waals surface area contributed by atoms with Crippen molar-refractivity contribution in [3.05, 3.63) is 11.1 Å². The lowest BCUT2D eigenvalue weighted by atomic mass is 9.78. The number of esters is 1. The number of aliphatic hydroxyl groups is 1. The minimum atomic E-state index is -1.51. The van der Waals surface area contributed by atoms with Gasteiger partial charge in [0.25, 0.3) is 0 Å². The van der Waals surface area contributed by atoms with Gasteiger partial charge in [-0.1, -0.05) is 20.8 Å². The van der Waals surface area contributed by atoms with Crippen molar-refractivity contribution >= 4 is 11.8 Å². The first-order valence-electron chi connectivity index (χ1n) is 7.67. The smallest absolute Gasteiger partial charge is 0.303 e. The first kappa shape index (κ1) is 14.8. The molecule has 21 heavy (non-hydrogen) atoms. The number of hydrogen-bond acceptors (Lipinski definition) is 4. The number of fused-ring (bicyclic) bond motifs is 2. The summed E-state index contributed by atoms with van der Waals surface area (Å²) in [5.74, 6) is -0.339. The van der Waals surface area contributed by atoms with Crippen molar-refractivity contribution in [2.75, 3.05) is 0 Å². The van der Waals surface area contributed by atoms with Crippen LogP contribution in [0.15, 0.2) is 11.1 Å². The molecule has 0 unspecified atom stereocenters. The fourth-order valence-corrected chi connectivity index (χ4v) is 4.44. The first-order valence-corrected chi connectivity index (χ1v) is 7.67. The standard InChI is InChI=1S/C17H24O4/c1-9(18)21-13-12-11(17(5,20)14(13)19)8-15(2,3)6-10-7-16(10,12)4/h10,13,20H,6-8H2,1-5H3/t10-,13+,16+,17-/m0/s1. The van der Waals surface area contributed by atoms with Crippen molar-refractivity contribution in [2.24, 2.45) is 16.7 Å². The van der Waals surface area contributed by atoms with E-state index in [1.54, 1.807) is 6.92 Å². The predicted octanol–water partition coefficient (Wildman–Crippen LogP) is 2.39. The van der Waals surface area contributed by atoms with Crippen molar-refractivity contribution in [1.82, 2.24) is 0 Å². The van der Waals surface area contributed by atoms with Gasteiger partial charge in [0.1, 0.15) is 5.60 Å².